The Labute approximate surface area is 185 Å². The molecule has 0 saturated carbocycles. The molecule has 166 valence electrons. The molecule has 1 aliphatic carbocycles. The van der Waals surface area contributed by atoms with Gasteiger partial charge in [-0.2, -0.15) is 5.10 Å². The van der Waals surface area contributed by atoms with Gasteiger partial charge in [0.15, 0.2) is 12.3 Å². The summed E-state index contributed by atoms with van der Waals surface area (Å²) in [7, 11) is 0. The first-order chi connectivity index (χ1) is 15.5. The molecule has 7 nitrogen and oxygen atoms in total. The zero-order valence-corrected chi connectivity index (χ0v) is 17.9. The summed E-state index contributed by atoms with van der Waals surface area (Å²) in [6.07, 6.45) is 3.63. The van der Waals surface area contributed by atoms with Crippen LogP contribution in [-0.4, -0.2) is 34.7 Å². The molecule has 4 rings (SSSR count). The number of halogens is 1. The van der Waals surface area contributed by atoms with Crippen molar-refractivity contribution in [1.82, 2.24) is 15.1 Å². The lowest BCUT2D eigenvalue weighted by atomic mass is 9.95. The van der Waals surface area contributed by atoms with Gasteiger partial charge < -0.3 is 15.4 Å². The average molecular weight is 436 g/mol. The van der Waals surface area contributed by atoms with Crippen LogP contribution >= 0.6 is 0 Å². The van der Waals surface area contributed by atoms with Crippen molar-refractivity contribution in [2.75, 3.05) is 18.5 Å². The first-order valence-electron chi connectivity index (χ1n) is 10.7. The van der Waals surface area contributed by atoms with Gasteiger partial charge in [0.2, 0.25) is 0 Å². The van der Waals surface area contributed by atoms with Crippen molar-refractivity contribution in [3.63, 3.8) is 0 Å². The molecule has 8 heteroatoms. The second kappa shape index (κ2) is 9.64. The van der Waals surface area contributed by atoms with Gasteiger partial charge in [0.1, 0.15) is 11.6 Å². The largest absolute Gasteiger partial charge is 0.484 e. The number of rotatable bonds is 7. The Hall–Kier alpha value is -3.68. The van der Waals surface area contributed by atoms with Gasteiger partial charge in [-0.05, 0) is 81.1 Å². The number of nitrogens with zero attached hydrogens (tertiary/aromatic N) is 2. The molecule has 0 spiro atoms. The van der Waals surface area contributed by atoms with Gasteiger partial charge in [0, 0.05) is 23.5 Å². The van der Waals surface area contributed by atoms with Crippen molar-refractivity contribution in [2.45, 2.75) is 32.6 Å². The normalized spacial score (nSPS) is 12.7. The smallest absolute Gasteiger partial charge is 0.276 e. The molecular formula is C24H25FN4O3. The fourth-order valence-electron chi connectivity index (χ4n) is 3.80. The first kappa shape index (κ1) is 21.5. The SMILES string of the molecule is CCNC(=O)COc1ccc(NC(=O)c2nn(-c3ccc(F)cc3)c3c2CCCC3)cc1. The number of ether oxygens (including phenoxy) is 1. The number of benzene rings is 2. The number of fused-ring (bicyclic) bond motifs is 1. The number of likely N-dealkylation sites (N-methyl/N-ethyl adjacent to an activating group) is 1. The number of aromatic nitrogens is 2. The van der Waals surface area contributed by atoms with E-state index in [2.05, 4.69) is 15.7 Å². The van der Waals surface area contributed by atoms with E-state index >= 15 is 0 Å². The van der Waals surface area contributed by atoms with E-state index in [1.807, 2.05) is 6.92 Å². The molecule has 2 aromatic carbocycles. The van der Waals surface area contributed by atoms with Crippen molar-refractivity contribution < 1.29 is 18.7 Å². The molecule has 1 aromatic heterocycles. The van der Waals surface area contributed by atoms with Crippen LogP contribution in [0.15, 0.2) is 48.5 Å². The predicted octanol–water partition coefficient (Wildman–Crippen LogP) is 3.66. The second-order valence-corrected chi connectivity index (χ2v) is 7.59. The van der Waals surface area contributed by atoms with Crippen LogP contribution in [0.5, 0.6) is 5.75 Å². The van der Waals surface area contributed by atoms with Crippen LogP contribution in [-0.2, 0) is 17.6 Å². The van der Waals surface area contributed by atoms with Crippen LogP contribution in [0.3, 0.4) is 0 Å². The van der Waals surface area contributed by atoms with Crippen LogP contribution < -0.4 is 15.4 Å². The maximum absolute atomic E-state index is 13.3. The Balaban J connectivity index is 1.50. The van der Waals surface area contributed by atoms with Crippen molar-refractivity contribution in [1.29, 1.82) is 0 Å². The fourth-order valence-corrected chi connectivity index (χ4v) is 3.80. The van der Waals surface area contributed by atoms with Gasteiger partial charge in [-0.3, -0.25) is 9.59 Å². The molecule has 0 radical (unpaired) electrons. The van der Waals surface area contributed by atoms with E-state index in [1.54, 1.807) is 41.1 Å². The molecule has 1 heterocycles. The lowest BCUT2D eigenvalue weighted by Crippen LogP contribution is -2.28. The molecule has 0 bridgehead atoms. The van der Waals surface area contributed by atoms with Crippen molar-refractivity contribution in [3.05, 3.63) is 71.3 Å². The Bertz CT molecular complexity index is 1110. The summed E-state index contributed by atoms with van der Waals surface area (Å²) >= 11 is 0. The summed E-state index contributed by atoms with van der Waals surface area (Å²) < 4.78 is 20.5. The highest BCUT2D eigenvalue weighted by Crippen LogP contribution is 2.28. The molecule has 0 unspecified atom stereocenters. The van der Waals surface area contributed by atoms with Crippen LogP contribution in [0.4, 0.5) is 10.1 Å². The zero-order chi connectivity index (χ0) is 22.5. The monoisotopic (exact) mass is 436 g/mol. The summed E-state index contributed by atoms with van der Waals surface area (Å²) in [5, 5.41) is 10.1. The first-order valence-corrected chi connectivity index (χ1v) is 10.7. The standard InChI is InChI=1S/C24H25FN4O3/c1-2-26-22(30)15-32-19-13-9-17(10-14-19)27-24(31)23-20-5-3-4-6-21(20)29(28-23)18-11-7-16(25)8-12-18/h7-14H,2-6,15H2,1H3,(H,26,30)(H,27,31). The maximum Gasteiger partial charge on any atom is 0.276 e. The molecule has 1 aliphatic rings. The Kier molecular flexibility index (Phi) is 6.49. The topological polar surface area (TPSA) is 85.2 Å². The molecule has 0 atom stereocenters. The van der Waals surface area contributed by atoms with Crippen LogP contribution in [0, 0.1) is 5.82 Å². The van der Waals surface area contributed by atoms with Gasteiger partial charge in [-0.15, -0.1) is 0 Å². The van der Waals surface area contributed by atoms with Gasteiger partial charge in [0.05, 0.1) is 5.69 Å². The van der Waals surface area contributed by atoms with Gasteiger partial charge in [-0.25, -0.2) is 9.07 Å². The van der Waals surface area contributed by atoms with Crippen molar-refractivity contribution in [2.24, 2.45) is 0 Å². The highest BCUT2D eigenvalue weighted by Gasteiger charge is 2.25. The summed E-state index contributed by atoms with van der Waals surface area (Å²) in [5.41, 5.74) is 3.67. The molecule has 2 amide bonds. The average Bonchev–Trinajstić information content (AvgIpc) is 3.19. The summed E-state index contributed by atoms with van der Waals surface area (Å²) in [5.74, 6) is -0.259. The van der Waals surface area contributed by atoms with E-state index in [0.717, 1.165) is 42.6 Å². The van der Waals surface area contributed by atoms with Crippen molar-refractivity contribution >= 4 is 17.5 Å². The number of amides is 2. The van der Waals surface area contributed by atoms with E-state index in [1.165, 1.54) is 12.1 Å². The highest BCUT2D eigenvalue weighted by atomic mass is 19.1. The molecule has 0 fully saturated rings. The van der Waals surface area contributed by atoms with Crippen LogP contribution in [0.1, 0.15) is 41.5 Å². The summed E-state index contributed by atoms with van der Waals surface area (Å²) in [6.45, 7) is 2.33. The summed E-state index contributed by atoms with van der Waals surface area (Å²) in [4.78, 5) is 24.5. The Morgan fingerprint density at radius 2 is 1.78 bits per heavy atom. The molecule has 0 aliphatic heterocycles. The van der Waals surface area contributed by atoms with Gasteiger partial charge in [-0.1, -0.05) is 0 Å². The Morgan fingerprint density at radius 1 is 1.06 bits per heavy atom. The van der Waals surface area contributed by atoms with Crippen LogP contribution in [0.2, 0.25) is 0 Å². The Morgan fingerprint density at radius 3 is 2.50 bits per heavy atom. The fraction of sp³-hybridized carbons (Fsp3) is 0.292. The minimum absolute atomic E-state index is 0.0630. The molecule has 2 N–H and O–H groups in total. The maximum atomic E-state index is 13.3. The zero-order valence-electron chi connectivity index (χ0n) is 17.9. The third-order valence-corrected chi connectivity index (χ3v) is 5.32. The minimum atomic E-state index is -0.314. The predicted molar refractivity (Wildman–Crippen MR) is 119 cm³/mol. The number of anilines is 1. The number of nitrogens with one attached hydrogen (secondary N) is 2. The molecule has 3 aromatic rings. The molecule has 0 saturated heterocycles. The van der Waals surface area contributed by atoms with E-state index in [4.69, 9.17) is 4.74 Å². The van der Waals surface area contributed by atoms with E-state index in [9.17, 15) is 14.0 Å². The molecule has 32 heavy (non-hydrogen) atoms. The number of hydrogen-bond acceptors (Lipinski definition) is 4. The highest BCUT2D eigenvalue weighted by molar-refractivity contribution is 6.04. The number of carbonyl (C=O) groups is 2. The quantitative estimate of drug-likeness (QED) is 0.592. The number of carbonyl (C=O) groups excluding carboxylic acids is 2. The van der Waals surface area contributed by atoms with Gasteiger partial charge >= 0.3 is 0 Å². The third kappa shape index (κ3) is 4.80. The van der Waals surface area contributed by atoms with E-state index in [-0.39, 0.29) is 24.2 Å². The van der Waals surface area contributed by atoms with E-state index in [0.29, 0.717) is 23.7 Å². The summed E-state index contributed by atoms with van der Waals surface area (Å²) in [6, 6.07) is 12.9. The van der Waals surface area contributed by atoms with Gasteiger partial charge in [0.25, 0.3) is 11.8 Å². The lowest BCUT2D eigenvalue weighted by Gasteiger charge is -2.14. The van der Waals surface area contributed by atoms with Crippen molar-refractivity contribution in [3.8, 4) is 11.4 Å². The number of hydrogen-bond donors (Lipinski definition) is 2. The van der Waals surface area contributed by atoms with Crippen LogP contribution in [0.25, 0.3) is 5.69 Å². The second-order valence-electron chi connectivity index (χ2n) is 7.59. The lowest BCUT2D eigenvalue weighted by molar-refractivity contribution is -0.122. The minimum Gasteiger partial charge on any atom is -0.484 e. The molecular weight excluding hydrogens is 411 g/mol. The third-order valence-electron chi connectivity index (χ3n) is 5.32. The van der Waals surface area contributed by atoms with E-state index < -0.39 is 0 Å².